The number of nitrogens with zero attached hydrogens (tertiary/aromatic N) is 1. The quantitative estimate of drug-likeness (QED) is 0.441. The molecule has 1 aliphatic rings. The van der Waals surface area contributed by atoms with Gasteiger partial charge in [0.25, 0.3) is 0 Å². The van der Waals surface area contributed by atoms with Crippen molar-refractivity contribution in [3.05, 3.63) is 64.8 Å². The zero-order valence-corrected chi connectivity index (χ0v) is 17.7. The Morgan fingerprint density at radius 1 is 1.13 bits per heavy atom. The van der Waals surface area contributed by atoms with Crippen LogP contribution in [0, 0.1) is 5.92 Å². The van der Waals surface area contributed by atoms with Crippen molar-refractivity contribution in [2.75, 3.05) is 0 Å². The molecule has 0 bridgehead atoms. The predicted molar refractivity (Wildman–Crippen MR) is 120 cm³/mol. The summed E-state index contributed by atoms with van der Waals surface area (Å²) >= 11 is 0. The number of carbonyl (C=O) groups is 1. The van der Waals surface area contributed by atoms with Crippen molar-refractivity contribution in [1.82, 2.24) is 4.57 Å². The third-order valence-electron chi connectivity index (χ3n) is 6.54. The van der Waals surface area contributed by atoms with Crippen molar-refractivity contribution in [3.8, 4) is 5.75 Å². The first-order valence-corrected chi connectivity index (χ1v) is 11.2. The molecule has 0 aliphatic heterocycles. The lowest BCUT2D eigenvalue weighted by Crippen LogP contribution is -2.17. The molecule has 4 nitrogen and oxygen atoms in total. The van der Waals surface area contributed by atoms with Crippen LogP contribution >= 0.6 is 0 Å². The topological polar surface area (TPSA) is 62.5 Å². The van der Waals surface area contributed by atoms with Crippen LogP contribution in [0.3, 0.4) is 0 Å². The van der Waals surface area contributed by atoms with E-state index < -0.39 is 5.97 Å². The minimum atomic E-state index is -0.885. The van der Waals surface area contributed by atoms with Crippen molar-refractivity contribution in [2.45, 2.75) is 64.8 Å². The zero-order chi connectivity index (χ0) is 21.1. The van der Waals surface area contributed by atoms with Gasteiger partial charge in [0.1, 0.15) is 5.75 Å². The molecule has 0 saturated carbocycles. The number of hydrogen-bond donors (Lipinski definition) is 2. The van der Waals surface area contributed by atoms with E-state index in [1.165, 1.54) is 49.8 Å². The van der Waals surface area contributed by atoms with E-state index >= 15 is 0 Å². The van der Waals surface area contributed by atoms with Crippen LogP contribution in [0.15, 0.2) is 42.5 Å². The van der Waals surface area contributed by atoms with E-state index in [0.717, 1.165) is 29.3 Å². The number of aromatic nitrogens is 1. The van der Waals surface area contributed by atoms with Gasteiger partial charge in [-0.1, -0.05) is 63.3 Å². The summed E-state index contributed by atoms with van der Waals surface area (Å²) in [6.45, 7) is 2.82. The van der Waals surface area contributed by atoms with Gasteiger partial charge in [-0.25, -0.2) is 4.79 Å². The zero-order valence-electron chi connectivity index (χ0n) is 17.7. The summed E-state index contributed by atoms with van der Waals surface area (Å²) in [4.78, 5) is 12.0. The van der Waals surface area contributed by atoms with Gasteiger partial charge in [0, 0.05) is 17.6 Å². The molecular weight excluding hydrogens is 374 g/mol. The maximum absolute atomic E-state index is 12.0. The highest BCUT2D eigenvalue weighted by Gasteiger charge is 2.27. The molecule has 1 aromatic heterocycles. The number of phenols is 1. The number of benzene rings is 2. The minimum absolute atomic E-state index is 0.241. The van der Waals surface area contributed by atoms with Crippen molar-refractivity contribution in [3.63, 3.8) is 0 Å². The van der Waals surface area contributed by atoms with Gasteiger partial charge in [-0.3, -0.25) is 0 Å². The standard InChI is InChI=1S/C26H31NO3/c1-2-3-4-5-8-18-13-14-21-22-11-7-12-23(26(29)30)25(22)27(24(21)16-18)17-19-9-6-10-20(28)15-19/h6-7,9-12,15,18,28H,2-5,8,13-14,16-17H2,1H3,(H,29,30). The SMILES string of the molecule is CCCCCCC1CCc2c(n(Cc3cccc(O)c3)c3c(C(=O)O)cccc23)C1. The summed E-state index contributed by atoms with van der Waals surface area (Å²) in [6, 6.07) is 12.9. The summed E-state index contributed by atoms with van der Waals surface area (Å²) in [7, 11) is 0. The van der Waals surface area contributed by atoms with Gasteiger partial charge in [-0.2, -0.15) is 0 Å². The van der Waals surface area contributed by atoms with Crippen molar-refractivity contribution in [2.24, 2.45) is 5.92 Å². The number of aryl methyl sites for hydroxylation is 1. The third-order valence-corrected chi connectivity index (χ3v) is 6.54. The van der Waals surface area contributed by atoms with Crippen LogP contribution in [-0.4, -0.2) is 20.7 Å². The van der Waals surface area contributed by atoms with Crippen LogP contribution in [0.2, 0.25) is 0 Å². The van der Waals surface area contributed by atoms with E-state index in [4.69, 9.17) is 0 Å². The Morgan fingerprint density at radius 3 is 2.73 bits per heavy atom. The van der Waals surface area contributed by atoms with E-state index in [9.17, 15) is 15.0 Å². The summed E-state index contributed by atoms with van der Waals surface area (Å²) in [5.41, 5.74) is 4.78. The summed E-state index contributed by atoms with van der Waals surface area (Å²) in [5, 5.41) is 20.8. The number of carboxylic acid groups (broad SMARTS) is 1. The first-order chi connectivity index (χ1) is 14.6. The van der Waals surface area contributed by atoms with E-state index in [-0.39, 0.29) is 5.75 Å². The van der Waals surface area contributed by atoms with E-state index in [0.29, 0.717) is 18.0 Å². The third kappa shape index (κ3) is 4.09. The molecule has 30 heavy (non-hydrogen) atoms. The number of hydrogen-bond acceptors (Lipinski definition) is 2. The van der Waals surface area contributed by atoms with Crippen LogP contribution in [0.25, 0.3) is 10.9 Å². The molecule has 1 unspecified atom stereocenters. The summed E-state index contributed by atoms with van der Waals surface area (Å²) < 4.78 is 2.21. The Morgan fingerprint density at radius 2 is 1.97 bits per heavy atom. The Labute approximate surface area is 178 Å². The number of para-hydroxylation sites is 1. The Hall–Kier alpha value is -2.75. The fourth-order valence-electron chi connectivity index (χ4n) is 5.06. The molecule has 0 radical (unpaired) electrons. The molecular formula is C26H31NO3. The average Bonchev–Trinajstić information content (AvgIpc) is 3.04. The second-order valence-corrected chi connectivity index (χ2v) is 8.65. The molecule has 1 atom stereocenters. The largest absolute Gasteiger partial charge is 0.508 e. The molecule has 4 heteroatoms. The fraction of sp³-hybridized carbons (Fsp3) is 0.423. The summed E-state index contributed by atoms with van der Waals surface area (Å²) in [6.07, 6.45) is 9.59. The van der Waals surface area contributed by atoms with Crippen LogP contribution < -0.4 is 0 Å². The number of phenolic OH excluding ortho intramolecular Hbond substituents is 1. The smallest absolute Gasteiger partial charge is 0.337 e. The molecule has 1 aliphatic carbocycles. The maximum Gasteiger partial charge on any atom is 0.337 e. The maximum atomic E-state index is 12.0. The van der Waals surface area contributed by atoms with Gasteiger partial charge in [-0.05, 0) is 54.5 Å². The Balaban J connectivity index is 1.75. The highest BCUT2D eigenvalue weighted by Crippen LogP contribution is 2.38. The van der Waals surface area contributed by atoms with E-state index in [2.05, 4.69) is 17.6 Å². The lowest BCUT2D eigenvalue weighted by molar-refractivity contribution is 0.0698. The summed E-state index contributed by atoms with van der Waals surface area (Å²) in [5.74, 6) is 0.0173. The van der Waals surface area contributed by atoms with Gasteiger partial charge >= 0.3 is 5.97 Å². The predicted octanol–water partition coefficient (Wildman–Crippen LogP) is 6.17. The molecule has 0 amide bonds. The highest BCUT2D eigenvalue weighted by molar-refractivity contribution is 6.04. The number of carboxylic acids is 1. The number of rotatable bonds is 8. The van der Waals surface area contributed by atoms with Gasteiger partial charge in [-0.15, -0.1) is 0 Å². The van der Waals surface area contributed by atoms with Crippen LogP contribution in [0.5, 0.6) is 5.75 Å². The molecule has 2 aromatic carbocycles. The minimum Gasteiger partial charge on any atom is -0.508 e. The fourth-order valence-corrected chi connectivity index (χ4v) is 5.06. The Bertz CT molecular complexity index is 1050. The first-order valence-electron chi connectivity index (χ1n) is 11.2. The number of aromatic carboxylic acids is 1. The van der Waals surface area contributed by atoms with Crippen molar-refractivity contribution >= 4 is 16.9 Å². The van der Waals surface area contributed by atoms with Gasteiger partial charge in [0.05, 0.1) is 11.1 Å². The van der Waals surface area contributed by atoms with Crippen molar-refractivity contribution < 1.29 is 15.0 Å². The number of unbranched alkanes of at least 4 members (excludes halogenated alkanes) is 3. The second kappa shape index (κ2) is 8.95. The molecule has 3 aromatic rings. The highest BCUT2D eigenvalue weighted by atomic mass is 16.4. The lowest BCUT2D eigenvalue weighted by Gasteiger charge is -2.24. The van der Waals surface area contributed by atoms with Crippen molar-refractivity contribution in [1.29, 1.82) is 0 Å². The van der Waals surface area contributed by atoms with Gasteiger partial charge in [0.15, 0.2) is 0 Å². The van der Waals surface area contributed by atoms with Crippen LogP contribution in [-0.2, 0) is 19.4 Å². The van der Waals surface area contributed by atoms with E-state index in [1.54, 1.807) is 18.2 Å². The van der Waals surface area contributed by atoms with Gasteiger partial charge < -0.3 is 14.8 Å². The van der Waals surface area contributed by atoms with Crippen LogP contribution in [0.1, 0.15) is 72.6 Å². The van der Waals surface area contributed by atoms with Gasteiger partial charge in [0.2, 0.25) is 0 Å². The molecule has 0 fully saturated rings. The number of fused-ring (bicyclic) bond motifs is 3. The lowest BCUT2D eigenvalue weighted by atomic mass is 9.83. The van der Waals surface area contributed by atoms with E-state index in [1.807, 2.05) is 18.2 Å². The second-order valence-electron chi connectivity index (χ2n) is 8.65. The first kappa shape index (κ1) is 20.5. The normalized spacial score (nSPS) is 16.0. The number of aromatic hydroxyl groups is 1. The average molecular weight is 406 g/mol. The monoisotopic (exact) mass is 405 g/mol. The van der Waals surface area contributed by atoms with Crippen LogP contribution in [0.4, 0.5) is 0 Å². The molecule has 0 saturated heterocycles. The molecule has 4 rings (SSSR count). The molecule has 2 N–H and O–H groups in total. The molecule has 0 spiro atoms. The Kier molecular flexibility index (Phi) is 6.12. The molecule has 1 heterocycles. The molecule has 158 valence electrons.